The zero-order valence-electron chi connectivity index (χ0n) is 12.8. The number of rotatable bonds is 4. The SMILES string of the molecule is COC(OC)OC1=C[C@@H](C)C2=Cc3ccccc3[NH+]([O-])C2=C1. The van der Waals surface area contributed by atoms with Crippen molar-refractivity contribution in [3.05, 3.63) is 64.2 Å². The summed E-state index contributed by atoms with van der Waals surface area (Å²) in [6.07, 6.45) is 5.79. The maximum atomic E-state index is 12.7. The average Bonchev–Trinajstić information content (AvgIpc) is 2.54. The second-order valence-electron chi connectivity index (χ2n) is 5.31. The number of para-hydroxylation sites is 1. The molecule has 1 unspecified atom stereocenters. The second-order valence-corrected chi connectivity index (χ2v) is 5.31. The van der Waals surface area contributed by atoms with E-state index in [-0.39, 0.29) is 11.0 Å². The lowest BCUT2D eigenvalue weighted by Gasteiger charge is -2.34. The van der Waals surface area contributed by atoms with E-state index in [1.54, 1.807) is 6.08 Å². The summed E-state index contributed by atoms with van der Waals surface area (Å²) in [5.41, 5.74) is 3.38. The first-order valence-corrected chi connectivity index (χ1v) is 7.15. The van der Waals surface area contributed by atoms with Crippen molar-refractivity contribution in [1.29, 1.82) is 0 Å². The van der Waals surface area contributed by atoms with Gasteiger partial charge in [-0.05, 0) is 18.2 Å². The van der Waals surface area contributed by atoms with Crippen LogP contribution in [-0.4, -0.2) is 20.7 Å². The van der Waals surface area contributed by atoms with Gasteiger partial charge in [0.1, 0.15) is 17.1 Å². The quantitative estimate of drug-likeness (QED) is 0.683. The number of benzene rings is 1. The molecule has 2 aliphatic rings. The Kier molecular flexibility index (Phi) is 4.13. The van der Waals surface area contributed by atoms with E-state index in [9.17, 15) is 5.21 Å². The number of ether oxygens (including phenoxy) is 3. The number of quaternary nitrogens is 1. The molecular formula is C17H19NO4. The number of hydroxylamine groups is 1. The van der Waals surface area contributed by atoms with Crippen LogP contribution in [0, 0.1) is 11.1 Å². The Morgan fingerprint density at radius 1 is 1.14 bits per heavy atom. The summed E-state index contributed by atoms with van der Waals surface area (Å²) in [4.78, 5) is 0. The van der Waals surface area contributed by atoms with Crippen molar-refractivity contribution in [1.82, 2.24) is 0 Å². The number of hydrogen-bond donors (Lipinski definition) is 1. The molecule has 1 N–H and O–H groups in total. The summed E-state index contributed by atoms with van der Waals surface area (Å²) in [5.74, 6) is 0.669. The predicted octanol–water partition coefficient (Wildman–Crippen LogP) is 2.11. The van der Waals surface area contributed by atoms with E-state index in [1.165, 1.54) is 14.2 Å². The molecule has 0 spiro atoms. The molecule has 22 heavy (non-hydrogen) atoms. The molecule has 0 saturated heterocycles. The fourth-order valence-corrected chi connectivity index (χ4v) is 2.78. The normalized spacial score (nSPS) is 23.2. The van der Waals surface area contributed by atoms with Crippen molar-refractivity contribution < 1.29 is 19.3 Å². The number of hydrogen-bond acceptors (Lipinski definition) is 4. The molecule has 0 amide bonds. The summed E-state index contributed by atoms with van der Waals surface area (Å²) in [5, 5.41) is 12.7. The Labute approximate surface area is 129 Å². The fraction of sp³-hybridized carbons (Fsp3) is 0.294. The van der Waals surface area contributed by atoms with Crippen LogP contribution in [0.1, 0.15) is 12.5 Å². The molecule has 1 aromatic carbocycles. The summed E-state index contributed by atoms with van der Waals surface area (Å²) >= 11 is 0. The molecule has 1 aromatic rings. The Balaban J connectivity index is 1.96. The Morgan fingerprint density at radius 2 is 1.86 bits per heavy atom. The molecule has 3 rings (SSSR count). The third-order valence-electron chi connectivity index (χ3n) is 3.88. The minimum Gasteiger partial charge on any atom is -0.623 e. The van der Waals surface area contributed by atoms with Gasteiger partial charge >= 0.3 is 6.48 Å². The van der Waals surface area contributed by atoms with Gasteiger partial charge in [0, 0.05) is 43.4 Å². The van der Waals surface area contributed by atoms with Gasteiger partial charge in [-0.25, -0.2) is 0 Å². The van der Waals surface area contributed by atoms with Gasteiger partial charge in [0.15, 0.2) is 0 Å². The first kappa shape index (κ1) is 15.0. The van der Waals surface area contributed by atoms with Crippen molar-refractivity contribution in [2.24, 2.45) is 5.92 Å². The molecule has 5 nitrogen and oxygen atoms in total. The van der Waals surface area contributed by atoms with Gasteiger partial charge in [0.25, 0.3) is 0 Å². The maximum absolute atomic E-state index is 12.7. The molecule has 1 aliphatic carbocycles. The van der Waals surface area contributed by atoms with Gasteiger partial charge in [-0.15, -0.1) is 0 Å². The van der Waals surface area contributed by atoms with E-state index < -0.39 is 6.48 Å². The molecule has 0 bridgehead atoms. The van der Waals surface area contributed by atoms with Crippen LogP contribution in [-0.2, 0) is 14.2 Å². The summed E-state index contributed by atoms with van der Waals surface area (Å²) in [7, 11) is 3.00. The van der Waals surface area contributed by atoms with E-state index in [4.69, 9.17) is 14.2 Å². The molecule has 1 aliphatic heterocycles. The third-order valence-corrected chi connectivity index (χ3v) is 3.88. The van der Waals surface area contributed by atoms with Crippen LogP contribution in [0.25, 0.3) is 6.08 Å². The molecule has 0 fully saturated rings. The lowest BCUT2D eigenvalue weighted by atomic mass is 9.88. The monoisotopic (exact) mass is 301 g/mol. The third kappa shape index (κ3) is 2.60. The maximum Gasteiger partial charge on any atom is 0.315 e. The van der Waals surface area contributed by atoms with E-state index in [1.807, 2.05) is 37.3 Å². The van der Waals surface area contributed by atoms with Crippen molar-refractivity contribution in [2.45, 2.75) is 13.4 Å². The molecular weight excluding hydrogens is 282 g/mol. The zero-order chi connectivity index (χ0) is 15.7. The highest BCUT2D eigenvalue weighted by Gasteiger charge is 2.30. The van der Waals surface area contributed by atoms with Crippen LogP contribution in [0.5, 0.6) is 0 Å². The van der Waals surface area contributed by atoms with E-state index in [0.29, 0.717) is 11.5 Å². The van der Waals surface area contributed by atoms with Gasteiger partial charge in [0.05, 0.1) is 0 Å². The predicted molar refractivity (Wildman–Crippen MR) is 82.6 cm³/mol. The van der Waals surface area contributed by atoms with Gasteiger partial charge in [-0.2, -0.15) is 0 Å². The number of fused-ring (bicyclic) bond motifs is 2. The van der Waals surface area contributed by atoms with Crippen LogP contribution in [0.2, 0.25) is 0 Å². The molecule has 116 valence electrons. The zero-order valence-corrected chi connectivity index (χ0v) is 12.8. The van der Waals surface area contributed by atoms with Crippen molar-refractivity contribution in [2.75, 3.05) is 14.2 Å². The van der Waals surface area contributed by atoms with Crippen molar-refractivity contribution in [3.8, 4) is 0 Å². The van der Waals surface area contributed by atoms with Crippen LogP contribution >= 0.6 is 0 Å². The van der Waals surface area contributed by atoms with Crippen LogP contribution < -0.4 is 5.06 Å². The van der Waals surface area contributed by atoms with E-state index in [2.05, 4.69) is 6.08 Å². The molecule has 5 heteroatoms. The molecule has 0 saturated carbocycles. The van der Waals surface area contributed by atoms with Crippen LogP contribution in [0.3, 0.4) is 0 Å². The molecule has 0 radical (unpaired) electrons. The van der Waals surface area contributed by atoms with E-state index in [0.717, 1.165) is 16.8 Å². The van der Waals surface area contributed by atoms with Crippen molar-refractivity contribution >= 4 is 11.8 Å². The topological polar surface area (TPSA) is 55.2 Å². The standard InChI is InChI=1S/C17H19NO4/c1-11-8-13(22-17(20-2)21-3)10-16-14(11)9-12-6-4-5-7-15(12)18(16)19/h4-11,17-18H,1-3H3/t11-/m1/s1. The highest BCUT2D eigenvalue weighted by atomic mass is 16.8. The first-order chi connectivity index (χ1) is 10.6. The highest BCUT2D eigenvalue weighted by molar-refractivity contribution is 5.70. The van der Waals surface area contributed by atoms with Gasteiger partial charge < -0.3 is 24.5 Å². The summed E-state index contributed by atoms with van der Waals surface area (Å²) in [6, 6.07) is 7.63. The van der Waals surface area contributed by atoms with Gasteiger partial charge in [-0.1, -0.05) is 19.1 Å². The van der Waals surface area contributed by atoms with Crippen LogP contribution in [0.4, 0.5) is 5.69 Å². The minimum atomic E-state index is -0.785. The average molecular weight is 301 g/mol. The number of allylic oxidation sites excluding steroid dienone is 3. The van der Waals surface area contributed by atoms with Gasteiger partial charge in [-0.3, -0.25) is 0 Å². The molecule has 0 aromatic heterocycles. The Hall–Kier alpha value is -1.92. The highest BCUT2D eigenvalue weighted by Crippen LogP contribution is 2.33. The van der Waals surface area contributed by atoms with Gasteiger partial charge in [0.2, 0.25) is 0 Å². The first-order valence-electron chi connectivity index (χ1n) is 7.15. The van der Waals surface area contributed by atoms with Crippen molar-refractivity contribution in [3.63, 3.8) is 0 Å². The van der Waals surface area contributed by atoms with E-state index >= 15 is 0 Å². The summed E-state index contributed by atoms with van der Waals surface area (Å²) < 4.78 is 15.7. The molecule has 2 atom stereocenters. The fourth-order valence-electron chi connectivity index (χ4n) is 2.78. The smallest absolute Gasteiger partial charge is 0.315 e. The summed E-state index contributed by atoms with van der Waals surface area (Å²) in [6.45, 7) is 1.25. The minimum absolute atomic E-state index is 0.0283. The number of nitrogens with one attached hydrogen (secondary N) is 1. The molecule has 1 heterocycles. The Morgan fingerprint density at radius 3 is 2.59 bits per heavy atom. The second kappa shape index (κ2) is 6.06. The lowest BCUT2D eigenvalue weighted by molar-refractivity contribution is -0.729. The number of methoxy groups -OCH3 is 2. The lowest BCUT2D eigenvalue weighted by Crippen LogP contribution is -3.01. The largest absolute Gasteiger partial charge is 0.623 e. The Bertz CT molecular complexity index is 658. The van der Waals surface area contributed by atoms with Crippen LogP contribution in [0.15, 0.2) is 53.4 Å².